The number of rotatable bonds is 10. The van der Waals surface area contributed by atoms with Gasteiger partial charge < -0.3 is 0 Å². The lowest BCUT2D eigenvalue weighted by atomic mass is 10.2. The normalized spacial score (nSPS) is 12.8. The van der Waals surface area contributed by atoms with Gasteiger partial charge in [0.25, 0.3) is 0 Å². The molecule has 0 fully saturated rings. The Morgan fingerprint density at radius 2 is 1.35 bits per heavy atom. The third kappa shape index (κ3) is 6.67. The molecule has 6 heteroatoms. The molecule has 0 saturated heterocycles. The van der Waals surface area contributed by atoms with Crippen LogP contribution < -0.4 is 4.72 Å². The van der Waals surface area contributed by atoms with Gasteiger partial charge >= 0.3 is 0 Å². The van der Waals surface area contributed by atoms with Gasteiger partial charge in [0.2, 0.25) is 10.0 Å². The van der Waals surface area contributed by atoms with Gasteiger partial charge in [-0.3, -0.25) is 4.21 Å². The molecule has 1 unspecified atom stereocenters. The summed E-state index contributed by atoms with van der Waals surface area (Å²) in [7, 11) is -4.37. The Bertz CT molecular complexity index is 813. The summed E-state index contributed by atoms with van der Waals surface area (Å²) < 4.78 is 39.1. The van der Waals surface area contributed by atoms with E-state index in [4.69, 9.17) is 0 Å². The smallest absolute Gasteiger partial charge is 0.240 e. The van der Waals surface area contributed by atoms with Crippen molar-refractivity contribution in [2.75, 3.05) is 12.3 Å². The fourth-order valence-electron chi connectivity index (χ4n) is 2.53. The molecule has 0 aliphatic heterocycles. The van der Waals surface area contributed by atoms with Crippen molar-refractivity contribution in [1.82, 2.24) is 4.72 Å². The van der Waals surface area contributed by atoms with Crippen LogP contribution in [0.2, 0.25) is 0 Å². The van der Waals surface area contributed by atoms with Crippen LogP contribution in [-0.2, 0) is 20.8 Å². The maximum atomic E-state index is 12.2. The molecule has 1 atom stereocenters. The van der Waals surface area contributed by atoms with Crippen molar-refractivity contribution in [3.63, 3.8) is 0 Å². The summed E-state index contributed by atoms with van der Waals surface area (Å²) >= 11 is 0. The summed E-state index contributed by atoms with van der Waals surface area (Å²) in [5.74, 6) is 0.651. The van der Waals surface area contributed by atoms with Gasteiger partial charge in [-0.15, -0.1) is 0 Å². The van der Waals surface area contributed by atoms with E-state index in [2.05, 4.69) is 4.72 Å². The van der Waals surface area contributed by atoms with Crippen molar-refractivity contribution in [3.8, 4) is 0 Å². The summed E-state index contributed by atoms with van der Waals surface area (Å²) in [6.07, 6.45) is 3.53. The lowest BCUT2D eigenvalue weighted by Gasteiger charge is -2.07. The highest BCUT2D eigenvalue weighted by Crippen LogP contribution is 2.12. The van der Waals surface area contributed by atoms with E-state index in [1.54, 1.807) is 24.3 Å². The highest BCUT2D eigenvalue weighted by atomic mass is 32.2. The average Bonchev–Trinajstić information content (AvgIpc) is 2.61. The van der Waals surface area contributed by atoms with E-state index >= 15 is 0 Å². The van der Waals surface area contributed by atoms with Crippen LogP contribution in [0.4, 0.5) is 0 Å². The van der Waals surface area contributed by atoms with Crippen LogP contribution in [0.3, 0.4) is 0 Å². The lowest BCUT2D eigenvalue weighted by Crippen LogP contribution is -2.24. The standard InChI is InChI=1S/C20H27NO3S2/c1-17-7-11-19(12-8-17)25(22)16-6-4-3-5-15-21-26(23,24)20-13-9-18(2)10-14-20/h7-14,21H,3-6,15-16H2,1-2H3. The van der Waals surface area contributed by atoms with Gasteiger partial charge in [0, 0.05) is 17.2 Å². The molecular weight excluding hydrogens is 366 g/mol. The van der Waals surface area contributed by atoms with Crippen LogP contribution in [0.15, 0.2) is 58.3 Å². The van der Waals surface area contributed by atoms with E-state index in [0.717, 1.165) is 36.1 Å². The number of hydrogen-bond donors (Lipinski definition) is 1. The van der Waals surface area contributed by atoms with Crippen LogP contribution in [-0.4, -0.2) is 24.9 Å². The second kappa shape index (κ2) is 10.00. The zero-order valence-electron chi connectivity index (χ0n) is 15.4. The predicted molar refractivity (Wildman–Crippen MR) is 107 cm³/mol. The quantitative estimate of drug-likeness (QED) is 0.622. The summed E-state index contributed by atoms with van der Waals surface area (Å²) in [4.78, 5) is 1.18. The van der Waals surface area contributed by atoms with Crippen molar-refractivity contribution in [1.29, 1.82) is 0 Å². The van der Waals surface area contributed by atoms with Crippen LogP contribution >= 0.6 is 0 Å². The summed E-state index contributed by atoms with van der Waals surface area (Å²) in [6.45, 7) is 4.37. The van der Waals surface area contributed by atoms with Gasteiger partial charge in [-0.05, 0) is 51.0 Å². The van der Waals surface area contributed by atoms with Crippen LogP contribution in [0.25, 0.3) is 0 Å². The molecule has 0 spiro atoms. The van der Waals surface area contributed by atoms with Crippen molar-refractivity contribution >= 4 is 20.8 Å². The molecule has 2 aromatic rings. The molecular formula is C20H27NO3S2. The number of benzene rings is 2. The first kappa shape index (κ1) is 20.8. The Balaban J connectivity index is 1.62. The Morgan fingerprint density at radius 3 is 1.96 bits per heavy atom. The van der Waals surface area contributed by atoms with Crippen LogP contribution in [0.1, 0.15) is 36.8 Å². The molecule has 0 saturated carbocycles. The third-order valence-corrected chi connectivity index (χ3v) is 7.10. The molecule has 0 heterocycles. The monoisotopic (exact) mass is 393 g/mol. The highest BCUT2D eigenvalue weighted by molar-refractivity contribution is 7.89. The van der Waals surface area contributed by atoms with Crippen molar-refractivity contribution in [3.05, 3.63) is 59.7 Å². The molecule has 0 aliphatic carbocycles. The topological polar surface area (TPSA) is 63.2 Å². The second-order valence-corrected chi connectivity index (χ2v) is 9.83. The van der Waals surface area contributed by atoms with Crippen LogP contribution in [0, 0.1) is 13.8 Å². The molecule has 0 amide bonds. The largest absolute Gasteiger partial charge is 0.254 e. The molecule has 0 aliphatic rings. The zero-order chi connectivity index (χ0) is 19.0. The minimum Gasteiger partial charge on any atom is -0.254 e. The summed E-state index contributed by atoms with van der Waals surface area (Å²) in [6, 6.07) is 14.6. The van der Waals surface area contributed by atoms with E-state index in [0.29, 0.717) is 17.2 Å². The first-order valence-corrected chi connectivity index (χ1v) is 11.7. The molecule has 0 radical (unpaired) electrons. The van der Waals surface area contributed by atoms with E-state index < -0.39 is 20.8 Å². The van der Waals surface area contributed by atoms with Gasteiger partial charge in [-0.2, -0.15) is 0 Å². The molecule has 2 rings (SSSR count). The Hall–Kier alpha value is -1.50. The fourth-order valence-corrected chi connectivity index (χ4v) is 4.74. The van der Waals surface area contributed by atoms with Crippen LogP contribution in [0.5, 0.6) is 0 Å². The highest BCUT2D eigenvalue weighted by Gasteiger charge is 2.12. The molecule has 142 valence electrons. The summed E-state index contributed by atoms with van der Waals surface area (Å²) in [5.41, 5.74) is 2.20. The maximum absolute atomic E-state index is 12.2. The Morgan fingerprint density at radius 1 is 0.808 bits per heavy atom. The van der Waals surface area contributed by atoms with E-state index in [-0.39, 0.29) is 0 Å². The number of hydrogen-bond acceptors (Lipinski definition) is 3. The second-order valence-electron chi connectivity index (χ2n) is 6.49. The number of sulfonamides is 1. The Labute approximate surface area is 159 Å². The molecule has 0 aromatic heterocycles. The molecule has 4 nitrogen and oxygen atoms in total. The average molecular weight is 394 g/mol. The van der Waals surface area contributed by atoms with Crippen molar-refractivity contribution in [2.24, 2.45) is 0 Å². The lowest BCUT2D eigenvalue weighted by molar-refractivity contribution is 0.573. The molecule has 0 bridgehead atoms. The summed E-state index contributed by atoms with van der Waals surface area (Å²) in [5, 5.41) is 0. The van der Waals surface area contributed by atoms with Gasteiger partial charge in [-0.25, -0.2) is 13.1 Å². The van der Waals surface area contributed by atoms with Gasteiger partial charge in [0.15, 0.2) is 0 Å². The van der Waals surface area contributed by atoms with Gasteiger partial charge in [0.05, 0.1) is 15.7 Å². The fraction of sp³-hybridized carbons (Fsp3) is 0.400. The van der Waals surface area contributed by atoms with Gasteiger partial charge in [0.1, 0.15) is 0 Å². The third-order valence-electron chi connectivity index (χ3n) is 4.16. The van der Waals surface area contributed by atoms with E-state index in [9.17, 15) is 12.6 Å². The zero-order valence-corrected chi connectivity index (χ0v) is 17.0. The minimum absolute atomic E-state index is 0.302. The number of aryl methyl sites for hydroxylation is 2. The minimum atomic E-state index is -3.42. The van der Waals surface area contributed by atoms with Crippen molar-refractivity contribution in [2.45, 2.75) is 49.3 Å². The molecule has 26 heavy (non-hydrogen) atoms. The van der Waals surface area contributed by atoms with E-state index in [1.165, 1.54) is 5.56 Å². The Kier molecular flexibility index (Phi) is 8.00. The maximum Gasteiger partial charge on any atom is 0.240 e. The predicted octanol–water partition coefficient (Wildman–Crippen LogP) is 3.95. The first-order valence-electron chi connectivity index (χ1n) is 8.90. The molecule has 2 aromatic carbocycles. The molecule has 1 N–H and O–H groups in total. The SMILES string of the molecule is Cc1ccc(S(=O)CCCCCCNS(=O)(=O)c2ccc(C)cc2)cc1. The first-order chi connectivity index (χ1) is 12.4. The van der Waals surface area contributed by atoms with Gasteiger partial charge in [-0.1, -0.05) is 48.2 Å². The number of nitrogens with one attached hydrogen (secondary N) is 1. The van der Waals surface area contributed by atoms with Crippen molar-refractivity contribution < 1.29 is 12.6 Å². The number of unbranched alkanes of at least 4 members (excludes halogenated alkanes) is 3. The van der Waals surface area contributed by atoms with E-state index in [1.807, 2.05) is 38.1 Å².